The van der Waals surface area contributed by atoms with Gasteiger partial charge in [-0.05, 0) is 72.0 Å². The first-order valence-corrected chi connectivity index (χ1v) is 10.1. The van der Waals surface area contributed by atoms with Crippen LogP contribution < -0.4 is 5.32 Å². The SMILES string of the molecule is CC1CCCCN1CCCCNC(=O)N1CCC2CCC(C1)N2C. The van der Waals surface area contributed by atoms with Gasteiger partial charge in [0.15, 0.2) is 0 Å². The van der Waals surface area contributed by atoms with Crippen LogP contribution in [0.4, 0.5) is 4.79 Å². The number of piperidine rings is 1. The van der Waals surface area contributed by atoms with Crippen LogP contribution in [0.15, 0.2) is 0 Å². The first-order valence-electron chi connectivity index (χ1n) is 10.1. The third-order valence-corrected chi connectivity index (χ3v) is 6.52. The van der Waals surface area contributed by atoms with Gasteiger partial charge in [-0.25, -0.2) is 4.79 Å². The molecule has 0 radical (unpaired) electrons. The van der Waals surface area contributed by atoms with Gasteiger partial charge in [0.1, 0.15) is 0 Å². The van der Waals surface area contributed by atoms with Gasteiger partial charge < -0.3 is 15.1 Å². The molecule has 3 unspecified atom stereocenters. The third-order valence-electron chi connectivity index (χ3n) is 6.52. The van der Waals surface area contributed by atoms with Crippen molar-refractivity contribution in [2.75, 3.05) is 39.8 Å². The van der Waals surface area contributed by atoms with E-state index in [0.29, 0.717) is 12.1 Å². The minimum atomic E-state index is 0.155. The number of rotatable bonds is 5. The average molecular weight is 337 g/mol. The molecule has 0 aliphatic carbocycles. The van der Waals surface area contributed by atoms with E-state index in [-0.39, 0.29) is 6.03 Å². The monoisotopic (exact) mass is 336 g/mol. The molecule has 3 rings (SSSR count). The Morgan fingerprint density at radius 3 is 2.71 bits per heavy atom. The number of carbonyl (C=O) groups excluding carboxylic acids is 1. The number of fused-ring (bicyclic) bond motifs is 2. The summed E-state index contributed by atoms with van der Waals surface area (Å²) in [5, 5.41) is 3.15. The van der Waals surface area contributed by atoms with E-state index < -0.39 is 0 Å². The van der Waals surface area contributed by atoms with Crippen molar-refractivity contribution >= 4 is 6.03 Å². The van der Waals surface area contributed by atoms with Gasteiger partial charge in [0.25, 0.3) is 0 Å². The van der Waals surface area contributed by atoms with Crippen LogP contribution in [0.25, 0.3) is 0 Å². The molecule has 0 aromatic rings. The highest BCUT2D eigenvalue weighted by Gasteiger charge is 2.35. The molecule has 5 nitrogen and oxygen atoms in total. The molecule has 0 aromatic carbocycles. The molecule has 3 saturated heterocycles. The van der Waals surface area contributed by atoms with E-state index in [0.717, 1.165) is 38.5 Å². The lowest BCUT2D eigenvalue weighted by Gasteiger charge is -2.33. The Bertz CT molecular complexity index is 416. The summed E-state index contributed by atoms with van der Waals surface area (Å²) in [6.45, 7) is 7.45. The lowest BCUT2D eigenvalue weighted by Crippen LogP contribution is -2.45. The molecule has 0 saturated carbocycles. The van der Waals surface area contributed by atoms with Gasteiger partial charge in [-0.15, -0.1) is 0 Å². The summed E-state index contributed by atoms with van der Waals surface area (Å²) in [7, 11) is 2.23. The Morgan fingerprint density at radius 2 is 1.88 bits per heavy atom. The quantitative estimate of drug-likeness (QED) is 0.784. The largest absolute Gasteiger partial charge is 0.338 e. The summed E-state index contributed by atoms with van der Waals surface area (Å²) in [6.07, 6.45) is 10.1. The number of likely N-dealkylation sites (tertiary alicyclic amines) is 2. The van der Waals surface area contributed by atoms with Gasteiger partial charge >= 0.3 is 6.03 Å². The molecule has 2 bridgehead atoms. The van der Waals surface area contributed by atoms with Crippen molar-refractivity contribution in [3.8, 4) is 0 Å². The highest BCUT2D eigenvalue weighted by molar-refractivity contribution is 5.74. The smallest absolute Gasteiger partial charge is 0.317 e. The molecule has 1 N–H and O–H groups in total. The zero-order chi connectivity index (χ0) is 16.9. The summed E-state index contributed by atoms with van der Waals surface area (Å²) in [4.78, 5) is 19.6. The van der Waals surface area contributed by atoms with Gasteiger partial charge in [0, 0.05) is 37.8 Å². The molecule has 3 atom stereocenters. The van der Waals surface area contributed by atoms with Gasteiger partial charge in [0.2, 0.25) is 0 Å². The lowest BCUT2D eigenvalue weighted by molar-refractivity contribution is 0.157. The first-order chi connectivity index (χ1) is 11.6. The van der Waals surface area contributed by atoms with E-state index in [4.69, 9.17) is 0 Å². The predicted octanol–water partition coefficient (Wildman–Crippen LogP) is 2.52. The minimum absolute atomic E-state index is 0.155. The Hall–Kier alpha value is -0.810. The highest BCUT2D eigenvalue weighted by Crippen LogP contribution is 2.28. The number of amides is 2. The number of likely N-dealkylation sites (N-methyl/N-ethyl adjacent to an activating group) is 1. The number of hydrogen-bond donors (Lipinski definition) is 1. The van der Waals surface area contributed by atoms with Crippen molar-refractivity contribution in [3.63, 3.8) is 0 Å². The molecule has 2 amide bonds. The van der Waals surface area contributed by atoms with Gasteiger partial charge in [-0.1, -0.05) is 6.42 Å². The van der Waals surface area contributed by atoms with Gasteiger partial charge in [-0.3, -0.25) is 4.90 Å². The van der Waals surface area contributed by atoms with E-state index in [1.54, 1.807) is 0 Å². The second-order valence-corrected chi connectivity index (χ2v) is 8.10. The number of hydrogen-bond acceptors (Lipinski definition) is 3. The fraction of sp³-hybridized carbons (Fsp3) is 0.947. The van der Waals surface area contributed by atoms with Crippen molar-refractivity contribution in [2.24, 2.45) is 0 Å². The number of nitrogens with one attached hydrogen (secondary N) is 1. The number of carbonyl (C=O) groups is 1. The third kappa shape index (κ3) is 4.42. The van der Waals surface area contributed by atoms with E-state index in [1.807, 2.05) is 4.90 Å². The first kappa shape index (κ1) is 18.0. The topological polar surface area (TPSA) is 38.8 Å². The molecular formula is C19H36N4O. The van der Waals surface area contributed by atoms with E-state index >= 15 is 0 Å². The van der Waals surface area contributed by atoms with Crippen LogP contribution in [-0.4, -0.2) is 78.6 Å². The summed E-state index contributed by atoms with van der Waals surface area (Å²) in [5.74, 6) is 0. The molecule has 0 spiro atoms. The molecular weight excluding hydrogens is 300 g/mol. The van der Waals surface area contributed by atoms with E-state index in [1.165, 1.54) is 51.6 Å². The van der Waals surface area contributed by atoms with Gasteiger partial charge in [0.05, 0.1) is 0 Å². The van der Waals surface area contributed by atoms with Crippen LogP contribution in [0.3, 0.4) is 0 Å². The summed E-state index contributed by atoms with van der Waals surface area (Å²) < 4.78 is 0. The number of unbranched alkanes of at least 4 members (excludes halogenated alkanes) is 1. The zero-order valence-corrected chi connectivity index (χ0v) is 15.7. The number of nitrogens with zero attached hydrogens (tertiary/aromatic N) is 3. The zero-order valence-electron chi connectivity index (χ0n) is 15.7. The Balaban J connectivity index is 1.31. The molecule has 5 heteroatoms. The van der Waals surface area contributed by atoms with Crippen LogP contribution in [0.2, 0.25) is 0 Å². The minimum Gasteiger partial charge on any atom is -0.338 e. The maximum atomic E-state index is 12.4. The van der Waals surface area contributed by atoms with Crippen LogP contribution in [-0.2, 0) is 0 Å². The molecule has 3 aliphatic heterocycles. The molecule has 3 heterocycles. The normalized spacial score (nSPS) is 31.9. The van der Waals surface area contributed by atoms with Crippen LogP contribution in [0, 0.1) is 0 Å². The van der Waals surface area contributed by atoms with Crippen molar-refractivity contribution in [1.29, 1.82) is 0 Å². The molecule has 138 valence electrons. The average Bonchev–Trinajstić information content (AvgIpc) is 2.81. The van der Waals surface area contributed by atoms with Crippen molar-refractivity contribution in [3.05, 3.63) is 0 Å². The lowest BCUT2D eigenvalue weighted by atomic mass is 10.0. The van der Waals surface area contributed by atoms with E-state index in [2.05, 4.69) is 29.1 Å². The van der Waals surface area contributed by atoms with Crippen LogP contribution in [0.5, 0.6) is 0 Å². The molecule has 24 heavy (non-hydrogen) atoms. The van der Waals surface area contributed by atoms with Crippen LogP contribution in [0.1, 0.15) is 58.3 Å². The number of urea groups is 1. The van der Waals surface area contributed by atoms with Crippen LogP contribution >= 0.6 is 0 Å². The maximum absolute atomic E-state index is 12.4. The molecule has 0 aromatic heterocycles. The second-order valence-electron chi connectivity index (χ2n) is 8.10. The fourth-order valence-electron chi connectivity index (χ4n) is 4.73. The standard InChI is InChI=1S/C19H36N4O/c1-16-7-3-5-12-22(16)13-6-4-11-20-19(24)23-14-10-17-8-9-18(15-23)21(17)2/h16-18H,3-15H2,1-2H3,(H,20,24). The molecule has 3 fully saturated rings. The summed E-state index contributed by atoms with van der Waals surface area (Å²) in [6, 6.07) is 2.17. The predicted molar refractivity (Wildman–Crippen MR) is 98.3 cm³/mol. The van der Waals surface area contributed by atoms with Crippen molar-refractivity contribution in [1.82, 2.24) is 20.0 Å². The highest BCUT2D eigenvalue weighted by atomic mass is 16.2. The van der Waals surface area contributed by atoms with Gasteiger partial charge in [-0.2, -0.15) is 0 Å². The van der Waals surface area contributed by atoms with E-state index in [9.17, 15) is 4.79 Å². The summed E-state index contributed by atoms with van der Waals surface area (Å²) >= 11 is 0. The second kappa shape index (κ2) is 8.52. The fourth-order valence-corrected chi connectivity index (χ4v) is 4.73. The summed E-state index contributed by atoms with van der Waals surface area (Å²) in [5.41, 5.74) is 0. The maximum Gasteiger partial charge on any atom is 0.317 e. The van der Waals surface area contributed by atoms with Crippen molar-refractivity contribution in [2.45, 2.75) is 76.4 Å². The Labute approximate surface area is 147 Å². The Kier molecular flexibility index (Phi) is 6.39. The van der Waals surface area contributed by atoms with Crippen molar-refractivity contribution < 1.29 is 4.79 Å². The molecule has 3 aliphatic rings. The Morgan fingerprint density at radius 1 is 1.04 bits per heavy atom.